The van der Waals surface area contributed by atoms with E-state index in [9.17, 15) is 0 Å². The van der Waals surface area contributed by atoms with Crippen molar-refractivity contribution in [3.63, 3.8) is 0 Å². The Morgan fingerprint density at radius 2 is 1.69 bits per heavy atom. The minimum absolute atomic E-state index is 0.372. The van der Waals surface area contributed by atoms with E-state index in [1.54, 1.807) is 0 Å². The van der Waals surface area contributed by atoms with Crippen LogP contribution in [0.25, 0.3) is 0 Å². The van der Waals surface area contributed by atoms with Gasteiger partial charge in [0.25, 0.3) is 0 Å². The maximum Gasteiger partial charge on any atom is 0.0148 e. The molecule has 0 atom stereocenters. The summed E-state index contributed by atoms with van der Waals surface area (Å²) in [4.78, 5) is 0. The van der Waals surface area contributed by atoms with Crippen molar-refractivity contribution in [2.45, 2.75) is 65.8 Å². The molecule has 0 saturated carbocycles. The van der Waals surface area contributed by atoms with Crippen molar-refractivity contribution in [3.05, 3.63) is 0 Å². The number of rotatable bonds is 7. The van der Waals surface area contributed by atoms with E-state index >= 15 is 0 Å². The van der Waals surface area contributed by atoms with Crippen LogP contribution in [-0.2, 0) is 0 Å². The molecule has 13 heavy (non-hydrogen) atoms. The highest BCUT2D eigenvalue weighted by atomic mass is 15.0. The van der Waals surface area contributed by atoms with Crippen molar-refractivity contribution in [1.29, 1.82) is 0 Å². The van der Waals surface area contributed by atoms with E-state index in [4.69, 9.17) is 0 Å². The minimum Gasteiger partial charge on any atom is -0.312 e. The lowest BCUT2D eigenvalue weighted by Gasteiger charge is -2.28. The maximum absolute atomic E-state index is 3.65. The SMILES string of the molecule is CCC(C)(CC)NCCCC(C)C. The lowest BCUT2D eigenvalue weighted by Crippen LogP contribution is -2.41. The summed E-state index contributed by atoms with van der Waals surface area (Å²) in [6.07, 6.45) is 5.11. The van der Waals surface area contributed by atoms with Crippen molar-refractivity contribution in [1.82, 2.24) is 5.32 Å². The van der Waals surface area contributed by atoms with Crippen molar-refractivity contribution in [2.24, 2.45) is 5.92 Å². The second kappa shape index (κ2) is 6.42. The van der Waals surface area contributed by atoms with Gasteiger partial charge in [-0.05, 0) is 45.1 Å². The van der Waals surface area contributed by atoms with E-state index in [0.717, 1.165) is 5.92 Å². The molecular weight excluding hydrogens is 158 g/mol. The third kappa shape index (κ3) is 6.09. The van der Waals surface area contributed by atoms with Crippen molar-refractivity contribution in [2.75, 3.05) is 6.54 Å². The second-order valence-corrected chi connectivity index (χ2v) is 4.73. The van der Waals surface area contributed by atoms with Gasteiger partial charge in [0, 0.05) is 5.54 Å². The summed E-state index contributed by atoms with van der Waals surface area (Å²) in [6.45, 7) is 12.6. The Balaban J connectivity index is 3.50. The molecule has 1 heteroatoms. The van der Waals surface area contributed by atoms with Crippen molar-refractivity contribution < 1.29 is 0 Å². The van der Waals surface area contributed by atoms with Crippen LogP contribution >= 0.6 is 0 Å². The van der Waals surface area contributed by atoms with Crippen LogP contribution < -0.4 is 5.32 Å². The van der Waals surface area contributed by atoms with Crippen molar-refractivity contribution in [3.8, 4) is 0 Å². The Bertz CT molecular complexity index is 114. The lowest BCUT2D eigenvalue weighted by molar-refractivity contribution is 0.325. The normalized spacial score (nSPS) is 12.5. The average Bonchev–Trinajstić information content (AvgIpc) is 2.12. The molecule has 0 aliphatic carbocycles. The van der Waals surface area contributed by atoms with Crippen LogP contribution in [0.15, 0.2) is 0 Å². The lowest BCUT2D eigenvalue weighted by atomic mass is 9.95. The molecule has 0 bridgehead atoms. The summed E-state index contributed by atoms with van der Waals surface area (Å²) in [5.41, 5.74) is 0.372. The predicted molar refractivity (Wildman–Crippen MR) is 61.1 cm³/mol. The van der Waals surface area contributed by atoms with E-state index in [2.05, 4.69) is 39.9 Å². The minimum atomic E-state index is 0.372. The first kappa shape index (κ1) is 13.0. The van der Waals surface area contributed by atoms with Crippen LogP contribution in [0.2, 0.25) is 0 Å². The Hall–Kier alpha value is -0.0400. The smallest absolute Gasteiger partial charge is 0.0148 e. The number of hydrogen-bond donors (Lipinski definition) is 1. The molecule has 0 amide bonds. The topological polar surface area (TPSA) is 12.0 Å². The predicted octanol–water partition coefficient (Wildman–Crippen LogP) is 3.59. The summed E-state index contributed by atoms with van der Waals surface area (Å²) in [6, 6.07) is 0. The first-order valence-corrected chi connectivity index (χ1v) is 5.79. The molecule has 0 unspecified atom stereocenters. The van der Waals surface area contributed by atoms with Gasteiger partial charge in [-0.25, -0.2) is 0 Å². The fraction of sp³-hybridized carbons (Fsp3) is 1.00. The molecule has 0 aliphatic heterocycles. The van der Waals surface area contributed by atoms with Crippen LogP contribution in [-0.4, -0.2) is 12.1 Å². The molecule has 1 nitrogen and oxygen atoms in total. The van der Waals surface area contributed by atoms with Gasteiger partial charge in [-0.15, -0.1) is 0 Å². The molecule has 0 aromatic rings. The largest absolute Gasteiger partial charge is 0.312 e. The first-order valence-electron chi connectivity index (χ1n) is 5.79. The third-order valence-corrected chi connectivity index (χ3v) is 3.07. The van der Waals surface area contributed by atoms with Crippen LogP contribution in [0.1, 0.15) is 60.3 Å². The van der Waals surface area contributed by atoms with E-state index < -0.39 is 0 Å². The summed E-state index contributed by atoms with van der Waals surface area (Å²) in [5.74, 6) is 0.844. The van der Waals surface area contributed by atoms with Gasteiger partial charge < -0.3 is 5.32 Å². The zero-order valence-corrected chi connectivity index (χ0v) is 10.1. The van der Waals surface area contributed by atoms with Gasteiger partial charge in [-0.2, -0.15) is 0 Å². The molecule has 0 radical (unpaired) electrons. The van der Waals surface area contributed by atoms with Gasteiger partial charge >= 0.3 is 0 Å². The molecule has 0 aromatic carbocycles. The monoisotopic (exact) mass is 185 g/mol. The zero-order chi connectivity index (χ0) is 10.3. The number of hydrogen-bond acceptors (Lipinski definition) is 1. The van der Waals surface area contributed by atoms with E-state index in [0.29, 0.717) is 5.54 Å². The average molecular weight is 185 g/mol. The van der Waals surface area contributed by atoms with Gasteiger partial charge in [0.1, 0.15) is 0 Å². The standard InChI is InChI=1S/C12H27N/c1-6-12(5,7-2)13-10-8-9-11(3)4/h11,13H,6-10H2,1-5H3. The molecule has 0 aliphatic rings. The molecule has 80 valence electrons. The fourth-order valence-electron chi connectivity index (χ4n) is 1.40. The van der Waals surface area contributed by atoms with Gasteiger partial charge in [-0.3, -0.25) is 0 Å². The van der Waals surface area contributed by atoms with Crippen LogP contribution in [0.5, 0.6) is 0 Å². The molecule has 1 N–H and O–H groups in total. The summed E-state index contributed by atoms with van der Waals surface area (Å²) >= 11 is 0. The highest BCUT2D eigenvalue weighted by molar-refractivity contribution is 4.79. The van der Waals surface area contributed by atoms with Crippen molar-refractivity contribution >= 4 is 0 Å². The van der Waals surface area contributed by atoms with E-state index in [1.165, 1.54) is 32.2 Å². The van der Waals surface area contributed by atoms with E-state index in [1.807, 2.05) is 0 Å². The van der Waals surface area contributed by atoms with Gasteiger partial charge in [0.2, 0.25) is 0 Å². The molecule has 0 rings (SSSR count). The number of nitrogens with one attached hydrogen (secondary N) is 1. The fourth-order valence-corrected chi connectivity index (χ4v) is 1.40. The summed E-state index contributed by atoms with van der Waals surface area (Å²) < 4.78 is 0. The molecule has 0 heterocycles. The Kier molecular flexibility index (Phi) is 6.40. The Morgan fingerprint density at radius 1 is 1.15 bits per heavy atom. The van der Waals surface area contributed by atoms with Gasteiger partial charge in [0.05, 0.1) is 0 Å². The van der Waals surface area contributed by atoms with Gasteiger partial charge in [0.15, 0.2) is 0 Å². The molecule has 0 saturated heterocycles. The highest BCUT2D eigenvalue weighted by Crippen LogP contribution is 2.13. The molecule has 0 spiro atoms. The third-order valence-electron chi connectivity index (χ3n) is 3.07. The quantitative estimate of drug-likeness (QED) is 0.598. The Morgan fingerprint density at radius 3 is 2.08 bits per heavy atom. The maximum atomic E-state index is 3.65. The van der Waals surface area contributed by atoms with Gasteiger partial charge in [-0.1, -0.05) is 27.7 Å². The summed E-state index contributed by atoms with van der Waals surface area (Å²) in [7, 11) is 0. The second-order valence-electron chi connectivity index (χ2n) is 4.73. The zero-order valence-electron chi connectivity index (χ0n) is 10.1. The van der Waals surface area contributed by atoms with Crippen LogP contribution in [0.3, 0.4) is 0 Å². The Labute approximate surface area is 84.3 Å². The molecule has 0 fully saturated rings. The highest BCUT2D eigenvalue weighted by Gasteiger charge is 2.17. The van der Waals surface area contributed by atoms with Crippen LogP contribution in [0.4, 0.5) is 0 Å². The summed E-state index contributed by atoms with van der Waals surface area (Å²) in [5, 5.41) is 3.65. The van der Waals surface area contributed by atoms with E-state index in [-0.39, 0.29) is 0 Å². The first-order chi connectivity index (χ1) is 6.04. The molecular formula is C12H27N. The van der Waals surface area contributed by atoms with Crippen LogP contribution in [0, 0.1) is 5.92 Å². The molecule has 0 aromatic heterocycles.